The van der Waals surface area contributed by atoms with Crippen LogP contribution in [0, 0.1) is 5.92 Å². The van der Waals surface area contributed by atoms with Gasteiger partial charge in [0.1, 0.15) is 0 Å². The minimum absolute atomic E-state index is 0.449. The van der Waals surface area contributed by atoms with Gasteiger partial charge in [-0.15, -0.1) is 0 Å². The van der Waals surface area contributed by atoms with Crippen LogP contribution in [0.15, 0.2) is 28.7 Å². The van der Waals surface area contributed by atoms with Gasteiger partial charge in [0.05, 0.1) is 0 Å². The Bertz CT molecular complexity index is 364. The number of benzene rings is 1. The molecule has 0 spiro atoms. The van der Waals surface area contributed by atoms with Crippen LogP contribution >= 0.6 is 15.9 Å². The standard InChI is InChI=1S/C15H22BrN/c1-3-12-6-5-9-15(12)17-11(2)13-7-4-8-14(16)10-13/h4,7-8,10-12,15,17H,3,5-6,9H2,1-2H3/t11-,12?,15?/m1/s1. The van der Waals surface area contributed by atoms with Crippen molar-refractivity contribution in [2.75, 3.05) is 0 Å². The maximum atomic E-state index is 3.80. The molecular weight excluding hydrogens is 274 g/mol. The van der Waals surface area contributed by atoms with Crippen LogP contribution in [0.2, 0.25) is 0 Å². The van der Waals surface area contributed by atoms with Gasteiger partial charge < -0.3 is 5.32 Å². The molecule has 1 nitrogen and oxygen atoms in total. The summed E-state index contributed by atoms with van der Waals surface area (Å²) in [5.41, 5.74) is 1.38. The molecule has 1 saturated carbocycles. The van der Waals surface area contributed by atoms with E-state index in [0.717, 1.165) is 5.92 Å². The molecule has 1 aliphatic carbocycles. The summed E-state index contributed by atoms with van der Waals surface area (Å²) in [6.07, 6.45) is 5.44. The van der Waals surface area contributed by atoms with E-state index in [9.17, 15) is 0 Å². The smallest absolute Gasteiger partial charge is 0.0294 e. The van der Waals surface area contributed by atoms with Gasteiger partial charge in [-0.2, -0.15) is 0 Å². The molecule has 1 aliphatic rings. The maximum Gasteiger partial charge on any atom is 0.0294 e. The summed E-state index contributed by atoms with van der Waals surface area (Å²) >= 11 is 3.54. The van der Waals surface area contributed by atoms with Gasteiger partial charge in [0.2, 0.25) is 0 Å². The van der Waals surface area contributed by atoms with Crippen LogP contribution in [-0.2, 0) is 0 Å². The number of nitrogens with one attached hydrogen (secondary N) is 1. The summed E-state index contributed by atoms with van der Waals surface area (Å²) < 4.78 is 1.17. The predicted octanol–water partition coefficient (Wildman–Crippen LogP) is 4.68. The van der Waals surface area contributed by atoms with E-state index in [1.807, 2.05) is 0 Å². The molecule has 0 saturated heterocycles. The average molecular weight is 296 g/mol. The highest BCUT2D eigenvalue weighted by Crippen LogP contribution is 2.30. The first-order valence-electron chi connectivity index (χ1n) is 6.72. The Morgan fingerprint density at radius 2 is 2.24 bits per heavy atom. The van der Waals surface area contributed by atoms with Crippen LogP contribution in [0.1, 0.15) is 51.1 Å². The van der Waals surface area contributed by atoms with Crippen molar-refractivity contribution in [2.24, 2.45) is 5.92 Å². The lowest BCUT2D eigenvalue weighted by molar-refractivity contribution is 0.360. The van der Waals surface area contributed by atoms with Gasteiger partial charge in [-0.1, -0.05) is 47.8 Å². The normalized spacial score (nSPS) is 26.1. The third kappa shape index (κ3) is 3.32. The third-order valence-electron chi connectivity index (χ3n) is 4.00. The van der Waals surface area contributed by atoms with E-state index in [2.05, 4.69) is 59.4 Å². The van der Waals surface area contributed by atoms with Crippen molar-refractivity contribution < 1.29 is 0 Å². The Morgan fingerprint density at radius 3 is 2.94 bits per heavy atom. The second-order valence-corrected chi connectivity index (χ2v) is 6.06. The van der Waals surface area contributed by atoms with Gasteiger partial charge >= 0.3 is 0 Å². The van der Waals surface area contributed by atoms with E-state index >= 15 is 0 Å². The van der Waals surface area contributed by atoms with Crippen molar-refractivity contribution in [3.05, 3.63) is 34.3 Å². The van der Waals surface area contributed by atoms with Crippen LogP contribution in [0.4, 0.5) is 0 Å². The molecule has 17 heavy (non-hydrogen) atoms. The van der Waals surface area contributed by atoms with Gasteiger partial charge in [-0.3, -0.25) is 0 Å². The minimum atomic E-state index is 0.449. The Labute approximate surface area is 113 Å². The van der Waals surface area contributed by atoms with Gasteiger partial charge in [0.25, 0.3) is 0 Å². The summed E-state index contributed by atoms with van der Waals surface area (Å²) in [5, 5.41) is 3.80. The fraction of sp³-hybridized carbons (Fsp3) is 0.600. The molecule has 1 aromatic carbocycles. The van der Waals surface area contributed by atoms with Crippen molar-refractivity contribution in [1.82, 2.24) is 5.32 Å². The summed E-state index contributed by atoms with van der Waals surface area (Å²) in [6, 6.07) is 9.79. The highest BCUT2D eigenvalue weighted by atomic mass is 79.9. The third-order valence-corrected chi connectivity index (χ3v) is 4.49. The quantitative estimate of drug-likeness (QED) is 0.850. The summed E-state index contributed by atoms with van der Waals surface area (Å²) in [7, 11) is 0. The van der Waals surface area contributed by atoms with E-state index < -0.39 is 0 Å². The fourth-order valence-corrected chi connectivity index (χ4v) is 3.36. The topological polar surface area (TPSA) is 12.0 Å². The lowest BCUT2D eigenvalue weighted by atomic mass is 9.98. The van der Waals surface area contributed by atoms with Crippen molar-refractivity contribution >= 4 is 15.9 Å². The zero-order valence-electron chi connectivity index (χ0n) is 10.7. The number of halogens is 1. The molecule has 3 atom stereocenters. The minimum Gasteiger partial charge on any atom is -0.307 e. The van der Waals surface area contributed by atoms with Crippen LogP contribution < -0.4 is 5.32 Å². The van der Waals surface area contributed by atoms with Gasteiger partial charge in [0.15, 0.2) is 0 Å². The Kier molecular flexibility index (Phi) is 4.63. The van der Waals surface area contributed by atoms with Gasteiger partial charge in [0, 0.05) is 16.6 Å². The van der Waals surface area contributed by atoms with Crippen LogP contribution in [-0.4, -0.2) is 6.04 Å². The molecule has 1 aromatic rings. The number of hydrogen-bond donors (Lipinski definition) is 1. The molecule has 2 rings (SSSR count). The first-order valence-corrected chi connectivity index (χ1v) is 7.51. The molecule has 2 unspecified atom stereocenters. The van der Waals surface area contributed by atoms with Crippen LogP contribution in [0.25, 0.3) is 0 Å². The number of rotatable bonds is 4. The first kappa shape index (κ1) is 13.1. The monoisotopic (exact) mass is 295 g/mol. The highest BCUT2D eigenvalue weighted by Gasteiger charge is 2.26. The van der Waals surface area contributed by atoms with Crippen molar-refractivity contribution in [2.45, 2.75) is 51.6 Å². The molecule has 0 heterocycles. The molecule has 1 fully saturated rings. The molecule has 0 bridgehead atoms. The van der Waals surface area contributed by atoms with Crippen molar-refractivity contribution in [3.63, 3.8) is 0 Å². The Morgan fingerprint density at radius 1 is 1.41 bits per heavy atom. The average Bonchev–Trinajstić information content (AvgIpc) is 2.76. The Hall–Kier alpha value is -0.340. The first-order chi connectivity index (χ1) is 8.20. The van der Waals surface area contributed by atoms with E-state index in [0.29, 0.717) is 12.1 Å². The van der Waals surface area contributed by atoms with Crippen LogP contribution in [0.3, 0.4) is 0 Å². The van der Waals surface area contributed by atoms with Crippen LogP contribution in [0.5, 0.6) is 0 Å². The Balaban J connectivity index is 1.99. The highest BCUT2D eigenvalue weighted by molar-refractivity contribution is 9.10. The van der Waals surface area contributed by atoms with Gasteiger partial charge in [-0.05, 0) is 43.4 Å². The predicted molar refractivity (Wildman–Crippen MR) is 77.1 cm³/mol. The van der Waals surface area contributed by atoms with E-state index in [4.69, 9.17) is 0 Å². The lowest BCUT2D eigenvalue weighted by Crippen LogP contribution is -2.34. The fourth-order valence-electron chi connectivity index (χ4n) is 2.94. The number of hydrogen-bond acceptors (Lipinski definition) is 1. The molecule has 0 aliphatic heterocycles. The molecule has 94 valence electrons. The second-order valence-electron chi connectivity index (χ2n) is 5.15. The molecule has 0 aromatic heterocycles. The molecular formula is C15H22BrN. The summed E-state index contributed by atoms with van der Waals surface area (Å²) in [4.78, 5) is 0. The van der Waals surface area contributed by atoms with Gasteiger partial charge in [-0.25, -0.2) is 0 Å². The molecule has 2 heteroatoms. The molecule has 0 amide bonds. The summed E-state index contributed by atoms with van der Waals surface area (Å²) in [5.74, 6) is 0.879. The largest absolute Gasteiger partial charge is 0.307 e. The van der Waals surface area contributed by atoms with Crippen molar-refractivity contribution in [3.8, 4) is 0 Å². The van der Waals surface area contributed by atoms with E-state index in [1.165, 1.54) is 35.7 Å². The van der Waals surface area contributed by atoms with Crippen molar-refractivity contribution in [1.29, 1.82) is 0 Å². The zero-order chi connectivity index (χ0) is 12.3. The summed E-state index contributed by atoms with van der Waals surface area (Å²) in [6.45, 7) is 4.58. The van der Waals surface area contributed by atoms with E-state index in [-0.39, 0.29) is 0 Å². The second kappa shape index (κ2) is 6.01. The SMILES string of the molecule is CCC1CCCC1N[C@H](C)c1cccc(Br)c1. The zero-order valence-corrected chi connectivity index (χ0v) is 12.3. The van der Waals surface area contributed by atoms with E-state index in [1.54, 1.807) is 0 Å². The maximum absolute atomic E-state index is 3.80. The molecule has 1 N–H and O–H groups in total. The molecule has 0 radical (unpaired) electrons. The lowest BCUT2D eigenvalue weighted by Gasteiger charge is -2.24.